The van der Waals surface area contributed by atoms with Gasteiger partial charge in [0.2, 0.25) is 0 Å². The number of hydrogen-bond acceptors (Lipinski definition) is 6. The third-order valence-electron chi connectivity index (χ3n) is 1.52. The molecule has 1 fully saturated rings. The van der Waals surface area contributed by atoms with E-state index in [2.05, 4.69) is 0 Å². The molecule has 0 saturated carbocycles. The van der Waals surface area contributed by atoms with Crippen molar-refractivity contribution in [2.24, 2.45) is 0 Å². The van der Waals surface area contributed by atoms with Crippen LogP contribution in [0.5, 0.6) is 0 Å². The average Bonchev–Trinajstić information content (AvgIpc) is 3.06. The van der Waals surface area contributed by atoms with Gasteiger partial charge in [0, 0.05) is 21.3 Å². The van der Waals surface area contributed by atoms with E-state index >= 15 is 0 Å². The van der Waals surface area contributed by atoms with E-state index < -0.39 is 9.53 Å². The molecule has 1 saturated heterocycles. The first-order valence-electron chi connectivity index (χ1n) is 4.67. The van der Waals surface area contributed by atoms with E-state index in [1.807, 2.05) is 0 Å². The summed E-state index contributed by atoms with van der Waals surface area (Å²) in [6, 6.07) is 0. The number of aliphatic hydroxyl groups is 1. The molecular weight excluding hydrogens is 220 g/mol. The maximum atomic E-state index is 8.23. The predicted octanol–water partition coefficient (Wildman–Crippen LogP) is -0.963. The molecule has 7 heteroatoms. The first kappa shape index (κ1) is 15.0. The molecule has 0 amide bonds. The summed E-state index contributed by atoms with van der Waals surface area (Å²) in [5, 5.41) is 8.23. The molecule has 1 unspecified atom stereocenters. The van der Waals surface area contributed by atoms with Crippen LogP contribution in [0.1, 0.15) is 0 Å². The zero-order valence-electron chi connectivity index (χ0n) is 9.47. The highest BCUT2D eigenvalue weighted by atomic mass is 28.3. The van der Waals surface area contributed by atoms with Gasteiger partial charge in [0.15, 0.2) is 0 Å². The molecule has 1 heterocycles. The zero-order chi connectivity index (χ0) is 11.5. The predicted molar refractivity (Wildman–Crippen MR) is 55.8 cm³/mol. The number of hydrogen-bond donors (Lipinski definition) is 1. The second-order valence-electron chi connectivity index (χ2n) is 2.75. The van der Waals surface area contributed by atoms with Crippen molar-refractivity contribution in [1.29, 1.82) is 0 Å². The Balaban J connectivity index is 0.000000265. The van der Waals surface area contributed by atoms with Crippen LogP contribution in [-0.2, 0) is 22.8 Å². The molecule has 0 aromatic carbocycles. The second-order valence-corrected chi connectivity index (χ2v) is 4.74. The molecule has 0 spiro atoms. The Hall–Kier alpha value is -0.0231. The minimum absolute atomic E-state index is 0.104. The van der Waals surface area contributed by atoms with E-state index in [1.54, 1.807) is 21.3 Å². The Morgan fingerprint density at radius 2 is 1.80 bits per heavy atom. The van der Waals surface area contributed by atoms with Crippen molar-refractivity contribution in [3.8, 4) is 0 Å². The summed E-state index contributed by atoms with van der Waals surface area (Å²) in [5.74, 6) is 0. The Bertz CT molecular complexity index is 123. The lowest BCUT2D eigenvalue weighted by atomic mass is 10.5. The van der Waals surface area contributed by atoms with Crippen molar-refractivity contribution in [3.63, 3.8) is 0 Å². The second kappa shape index (κ2) is 10.5. The fourth-order valence-corrected chi connectivity index (χ4v) is 1.31. The van der Waals surface area contributed by atoms with Crippen LogP contribution in [0.2, 0.25) is 0 Å². The molecular formula is C8H20O6Si. The van der Waals surface area contributed by atoms with Crippen LogP contribution in [0.25, 0.3) is 0 Å². The molecule has 1 aliphatic heterocycles. The van der Waals surface area contributed by atoms with Crippen molar-refractivity contribution in [2.45, 2.75) is 6.10 Å². The normalized spacial score (nSPS) is 18.6. The molecule has 92 valence electrons. The maximum absolute atomic E-state index is 8.23. The van der Waals surface area contributed by atoms with Gasteiger partial charge in [-0.2, -0.15) is 0 Å². The lowest BCUT2D eigenvalue weighted by Gasteiger charge is -2.05. The molecule has 6 nitrogen and oxygen atoms in total. The Labute approximate surface area is 92.0 Å². The number of ether oxygens (including phenoxy) is 2. The Morgan fingerprint density at radius 1 is 1.27 bits per heavy atom. The van der Waals surface area contributed by atoms with Crippen LogP contribution in [0.15, 0.2) is 0 Å². The minimum atomic E-state index is -1.67. The molecule has 1 N–H and O–H groups in total. The van der Waals surface area contributed by atoms with Gasteiger partial charge in [0.25, 0.3) is 0 Å². The molecule has 1 atom stereocenters. The molecule has 0 bridgehead atoms. The third-order valence-corrected chi connectivity index (χ3v) is 2.67. The Morgan fingerprint density at radius 3 is 2.07 bits per heavy atom. The van der Waals surface area contributed by atoms with E-state index in [0.29, 0.717) is 19.3 Å². The van der Waals surface area contributed by atoms with Gasteiger partial charge in [0.05, 0.1) is 26.4 Å². The zero-order valence-corrected chi connectivity index (χ0v) is 10.6. The highest BCUT2D eigenvalue weighted by Gasteiger charge is 2.21. The van der Waals surface area contributed by atoms with E-state index in [4.69, 9.17) is 27.9 Å². The fraction of sp³-hybridized carbons (Fsp3) is 1.00. The molecule has 0 aliphatic carbocycles. The minimum Gasteiger partial charge on any atom is -0.394 e. The van der Waals surface area contributed by atoms with Crippen LogP contribution in [0, 0.1) is 0 Å². The lowest BCUT2D eigenvalue weighted by molar-refractivity contribution is 0.0810. The smallest absolute Gasteiger partial charge is 0.394 e. The van der Waals surface area contributed by atoms with E-state index in [9.17, 15) is 0 Å². The average molecular weight is 240 g/mol. The third kappa shape index (κ3) is 10.3. The van der Waals surface area contributed by atoms with Gasteiger partial charge in [-0.25, -0.2) is 0 Å². The van der Waals surface area contributed by atoms with E-state index in [-0.39, 0.29) is 6.61 Å². The summed E-state index contributed by atoms with van der Waals surface area (Å²) in [6.07, 6.45) is 0.321. The first-order chi connectivity index (χ1) is 7.28. The van der Waals surface area contributed by atoms with Crippen LogP contribution in [-0.4, -0.2) is 68.5 Å². The van der Waals surface area contributed by atoms with Gasteiger partial charge in [-0.15, -0.1) is 0 Å². The molecule has 0 radical (unpaired) electrons. The topological polar surface area (TPSA) is 69.7 Å². The highest BCUT2D eigenvalue weighted by molar-refractivity contribution is 6.36. The summed E-state index contributed by atoms with van der Waals surface area (Å²) in [4.78, 5) is 0. The molecule has 0 aromatic heterocycles. The van der Waals surface area contributed by atoms with Crippen LogP contribution < -0.4 is 0 Å². The van der Waals surface area contributed by atoms with E-state index in [1.165, 1.54) is 0 Å². The molecule has 15 heavy (non-hydrogen) atoms. The SMILES string of the molecule is CO[SiH](OC)OC.OCCOCC1CO1. The summed E-state index contributed by atoms with van der Waals surface area (Å²) < 4.78 is 24.0. The van der Waals surface area contributed by atoms with Gasteiger partial charge in [-0.05, 0) is 0 Å². The summed E-state index contributed by atoms with van der Waals surface area (Å²) in [7, 11) is 3.05. The maximum Gasteiger partial charge on any atom is 0.483 e. The van der Waals surface area contributed by atoms with Gasteiger partial charge in [0.1, 0.15) is 6.10 Å². The monoisotopic (exact) mass is 240 g/mol. The number of rotatable bonds is 7. The van der Waals surface area contributed by atoms with Crippen LogP contribution in [0.4, 0.5) is 0 Å². The van der Waals surface area contributed by atoms with Crippen molar-refractivity contribution in [3.05, 3.63) is 0 Å². The number of epoxide rings is 1. The molecule has 1 aliphatic rings. The number of aliphatic hydroxyl groups excluding tert-OH is 1. The van der Waals surface area contributed by atoms with Crippen molar-refractivity contribution >= 4 is 9.53 Å². The summed E-state index contributed by atoms with van der Waals surface area (Å²) in [6.45, 7) is 2.00. The summed E-state index contributed by atoms with van der Waals surface area (Å²) >= 11 is 0. The van der Waals surface area contributed by atoms with Crippen LogP contribution in [0.3, 0.4) is 0 Å². The standard InChI is InChI=1S/C5H10O3.C3H10O3Si/c6-1-2-7-3-5-4-8-5;1-4-7(5-2)6-3/h5-6H,1-4H2;7H,1-3H3. The Kier molecular flexibility index (Phi) is 10.5. The van der Waals surface area contributed by atoms with Crippen molar-refractivity contribution in [2.75, 3.05) is 47.8 Å². The van der Waals surface area contributed by atoms with Gasteiger partial charge in [-0.3, -0.25) is 0 Å². The van der Waals surface area contributed by atoms with E-state index in [0.717, 1.165) is 6.61 Å². The lowest BCUT2D eigenvalue weighted by Crippen LogP contribution is -2.21. The first-order valence-corrected chi connectivity index (χ1v) is 6.08. The summed E-state index contributed by atoms with van der Waals surface area (Å²) in [5.41, 5.74) is 0. The van der Waals surface area contributed by atoms with Crippen LogP contribution >= 0.6 is 0 Å². The van der Waals surface area contributed by atoms with Gasteiger partial charge in [-0.1, -0.05) is 0 Å². The van der Waals surface area contributed by atoms with Gasteiger partial charge >= 0.3 is 9.53 Å². The molecule has 0 aromatic rings. The largest absolute Gasteiger partial charge is 0.483 e. The van der Waals surface area contributed by atoms with Gasteiger partial charge < -0.3 is 27.9 Å². The quantitative estimate of drug-likeness (QED) is 0.351. The van der Waals surface area contributed by atoms with Crippen molar-refractivity contribution in [1.82, 2.24) is 0 Å². The highest BCUT2D eigenvalue weighted by Crippen LogP contribution is 2.07. The van der Waals surface area contributed by atoms with Crippen molar-refractivity contribution < 1.29 is 27.9 Å². The fourth-order valence-electron chi connectivity index (χ4n) is 0.732. The molecule has 1 rings (SSSR count).